The number of carboxylic acid groups (broad SMARTS) is 1. The van der Waals surface area contributed by atoms with E-state index in [9.17, 15) is 9.59 Å². The lowest BCUT2D eigenvalue weighted by atomic mass is 9.99. The van der Waals surface area contributed by atoms with Crippen LogP contribution in [0.4, 0.5) is 0 Å². The number of nitrogens with zero attached hydrogens (tertiary/aromatic N) is 2. The van der Waals surface area contributed by atoms with Gasteiger partial charge in [0.1, 0.15) is 6.04 Å². The second kappa shape index (κ2) is 7.13. The first-order chi connectivity index (χ1) is 8.93. The van der Waals surface area contributed by atoms with E-state index in [4.69, 9.17) is 16.7 Å². The van der Waals surface area contributed by atoms with E-state index in [1.54, 1.807) is 17.8 Å². The number of hydrogen-bond donors (Lipinski definition) is 2. The van der Waals surface area contributed by atoms with E-state index in [1.165, 1.54) is 6.20 Å². The molecular formula is C12H18ClN3O3. The minimum Gasteiger partial charge on any atom is -0.480 e. The van der Waals surface area contributed by atoms with Gasteiger partial charge in [-0.25, -0.2) is 4.79 Å². The third-order valence-corrected chi connectivity index (χ3v) is 3.16. The summed E-state index contributed by atoms with van der Waals surface area (Å²) in [5.41, 5.74) is 0. The van der Waals surface area contributed by atoms with Gasteiger partial charge in [-0.15, -0.1) is 0 Å². The summed E-state index contributed by atoms with van der Waals surface area (Å²) in [5.74, 6) is -1.43. The number of carbonyl (C=O) groups excluding carboxylic acids is 1. The van der Waals surface area contributed by atoms with Crippen LogP contribution >= 0.6 is 11.6 Å². The zero-order valence-corrected chi connectivity index (χ0v) is 11.7. The predicted octanol–water partition coefficient (Wildman–Crippen LogP) is 1.54. The van der Waals surface area contributed by atoms with Crippen LogP contribution in [0.15, 0.2) is 12.4 Å². The van der Waals surface area contributed by atoms with Gasteiger partial charge in [0.25, 0.3) is 0 Å². The third-order valence-electron chi connectivity index (χ3n) is 2.97. The molecule has 0 aliphatic heterocycles. The molecule has 1 aromatic heterocycles. The number of halogens is 1. The molecule has 0 aliphatic rings. The summed E-state index contributed by atoms with van der Waals surface area (Å²) in [7, 11) is 0. The molecular weight excluding hydrogens is 270 g/mol. The number of nitrogens with one attached hydrogen (secondary N) is 1. The van der Waals surface area contributed by atoms with Crippen LogP contribution in [-0.4, -0.2) is 32.8 Å². The highest BCUT2D eigenvalue weighted by atomic mass is 35.5. The highest BCUT2D eigenvalue weighted by molar-refractivity contribution is 6.30. The number of carboxylic acids is 1. The van der Waals surface area contributed by atoms with E-state index in [0.717, 1.165) is 0 Å². The second-order valence-electron chi connectivity index (χ2n) is 4.44. The van der Waals surface area contributed by atoms with Crippen LogP contribution in [0, 0.1) is 5.92 Å². The second-order valence-corrected chi connectivity index (χ2v) is 4.88. The number of aromatic nitrogens is 2. The summed E-state index contributed by atoms with van der Waals surface area (Å²) in [5, 5.41) is 16.0. The van der Waals surface area contributed by atoms with Crippen LogP contribution < -0.4 is 5.32 Å². The van der Waals surface area contributed by atoms with Crippen molar-refractivity contribution in [1.82, 2.24) is 15.1 Å². The van der Waals surface area contributed by atoms with Crippen molar-refractivity contribution in [3.05, 3.63) is 17.4 Å². The lowest BCUT2D eigenvalue weighted by Crippen LogP contribution is -2.45. The summed E-state index contributed by atoms with van der Waals surface area (Å²) in [4.78, 5) is 22.8. The van der Waals surface area contributed by atoms with Gasteiger partial charge >= 0.3 is 5.97 Å². The molecule has 2 atom stereocenters. The van der Waals surface area contributed by atoms with Gasteiger partial charge in [-0.3, -0.25) is 9.48 Å². The van der Waals surface area contributed by atoms with Crippen molar-refractivity contribution >= 4 is 23.5 Å². The van der Waals surface area contributed by atoms with Crippen molar-refractivity contribution in [1.29, 1.82) is 0 Å². The van der Waals surface area contributed by atoms with E-state index < -0.39 is 12.0 Å². The lowest BCUT2D eigenvalue weighted by molar-refractivity contribution is -0.143. The molecule has 2 N–H and O–H groups in total. The van der Waals surface area contributed by atoms with Crippen LogP contribution in [0.5, 0.6) is 0 Å². The van der Waals surface area contributed by atoms with Gasteiger partial charge in [0.2, 0.25) is 5.91 Å². The standard InChI is InChI=1S/C12H18ClN3O3/c1-3-8(2)11(12(18)19)15-10(17)4-5-16-7-9(13)6-14-16/h6-8,11H,3-5H2,1-2H3,(H,15,17)(H,18,19)/t8-,11-/m0/s1. The predicted molar refractivity (Wildman–Crippen MR) is 70.9 cm³/mol. The summed E-state index contributed by atoms with van der Waals surface area (Å²) in [6.45, 7) is 4.05. The van der Waals surface area contributed by atoms with Crippen molar-refractivity contribution in [2.45, 2.75) is 39.3 Å². The van der Waals surface area contributed by atoms with Crippen molar-refractivity contribution < 1.29 is 14.7 Å². The van der Waals surface area contributed by atoms with E-state index in [-0.39, 0.29) is 18.2 Å². The Labute approximate surface area is 116 Å². The Morgan fingerprint density at radius 3 is 2.74 bits per heavy atom. The highest BCUT2D eigenvalue weighted by Gasteiger charge is 2.24. The van der Waals surface area contributed by atoms with E-state index in [1.807, 2.05) is 6.92 Å². The van der Waals surface area contributed by atoms with Gasteiger partial charge < -0.3 is 10.4 Å². The quantitative estimate of drug-likeness (QED) is 0.797. The Hall–Kier alpha value is -1.56. The van der Waals surface area contributed by atoms with Gasteiger partial charge in [-0.2, -0.15) is 5.10 Å². The van der Waals surface area contributed by atoms with Gasteiger partial charge in [-0.05, 0) is 5.92 Å². The zero-order chi connectivity index (χ0) is 14.4. The van der Waals surface area contributed by atoms with Crippen LogP contribution in [-0.2, 0) is 16.1 Å². The average Bonchev–Trinajstić information content (AvgIpc) is 2.78. The van der Waals surface area contributed by atoms with E-state index >= 15 is 0 Å². The molecule has 0 fully saturated rings. The molecule has 0 unspecified atom stereocenters. The maximum absolute atomic E-state index is 11.7. The first-order valence-electron chi connectivity index (χ1n) is 6.14. The van der Waals surface area contributed by atoms with Crippen molar-refractivity contribution in [3.8, 4) is 0 Å². The molecule has 0 aliphatic carbocycles. The molecule has 0 saturated carbocycles. The lowest BCUT2D eigenvalue weighted by Gasteiger charge is -2.20. The highest BCUT2D eigenvalue weighted by Crippen LogP contribution is 2.09. The maximum Gasteiger partial charge on any atom is 0.326 e. The van der Waals surface area contributed by atoms with Crippen LogP contribution in [0.3, 0.4) is 0 Å². The van der Waals surface area contributed by atoms with Crippen molar-refractivity contribution in [2.24, 2.45) is 5.92 Å². The Morgan fingerprint density at radius 2 is 2.26 bits per heavy atom. The summed E-state index contributed by atoms with van der Waals surface area (Å²) >= 11 is 5.70. The molecule has 0 radical (unpaired) electrons. The fourth-order valence-corrected chi connectivity index (χ4v) is 1.76. The smallest absolute Gasteiger partial charge is 0.326 e. The molecule has 1 aromatic rings. The Bertz CT molecular complexity index is 447. The van der Waals surface area contributed by atoms with Crippen molar-refractivity contribution in [2.75, 3.05) is 0 Å². The maximum atomic E-state index is 11.7. The first-order valence-corrected chi connectivity index (χ1v) is 6.52. The monoisotopic (exact) mass is 287 g/mol. The van der Waals surface area contributed by atoms with Gasteiger partial charge in [0, 0.05) is 19.2 Å². The SMILES string of the molecule is CC[C@H](C)[C@H](NC(=O)CCn1cc(Cl)cn1)C(=O)O. The van der Waals surface area contributed by atoms with E-state index in [2.05, 4.69) is 10.4 Å². The molecule has 7 heteroatoms. The molecule has 1 rings (SSSR count). The number of hydrogen-bond acceptors (Lipinski definition) is 3. The number of aliphatic carboxylic acids is 1. The number of rotatable bonds is 7. The van der Waals surface area contributed by atoms with Crippen molar-refractivity contribution in [3.63, 3.8) is 0 Å². The summed E-state index contributed by atoms with van der Waals surface area (Å²) < 4.78 is 1.54. The molecule has 6 nitrogen and oxygen atoms in total. The molecule has 1 amide bonds. The minimum absolute atomic E-state index is 0.111. The molecule has 106 valence electrons. The molecule has 0 spiro atoms. The average molecular weight is 288 g/mol. The van der Waals surface area contributed by atoms with Gasteiger partial charge in [0.15, 0.2) is 0 Å². The normalized spacial score (nSPS) is 13.8. The Balaban J connectivity index is 2.46. The third kappa shape index (κ3) is 4.90. The van der Waals surface area contributed by atoms with E-state index in [0.29, 0.717) is 18.0 Å². The number of aryl methyl sites for hydroxylation is 1. The zero-order valence-electron chi connectivity index (χ0n) is 11.0. The Kier molecular flexibility index (Phi) is 5.82. The fourth-order valence-electron chi connectivity index (χ4n) is 1.61. The summed E-state index contributed by atoms with van der Waals surface area (Å²) in [6.07, 6.45) is 3.95. The molecule has 0 aromatic carbocycles. The number of carbonyl (C=O) groups is 2. The van der Waals surface area contributed by atoms with Crippen LogP contribution in [0.2, 0.25) is 5.02 Å². The van der Waals surface area contributed by atoms with Gasteiger partial charge in [0.05, 0.1) is 11.2 Å². The largest absolute Gasteiger partial charge is 0.480 e. The van der Waals surface area contributed by atoms with Gasteiger partial charge in [-0.1, -0.05) is 31.9 Å². The number of amides is 1. The Morgan fingerprint density at radius 1 is 1.58 bits per heavy atom. The first kappa shape index (κ1) is 15.5. The van der Waals surface area contributed by atoms with Crippen LogP contribution in [0.25, 0.3) is 0 Å². The topological polar surface area (TPSA) is 84.2 Å². The molecule has 19 heavy (non-hydrogen) atoms. The molecule has 0 saturated heterocycles. The fraction of sp³-hybridized carbons (Fsp3) is 0.583. The van der Waals surface area contributed by atoms with Crippen LogP contribution in [0.1, 0.15) is 26.7 Å². The molecule has 1 heterocycles. The minimum atomic E-state index is -1.01. The summed E-state index contributed by atoms with van der Waals surface area (Å²) in [6, 6.07) is -0.848. The molecule has 0 bridgehead atoms.